The van der Waals surface area contributed by atoms with Crippen LogP contribution in [0.5, 0.6) is 11.5 Å². The third-order valence-corrected chi connectivity index (χ3v) is 8.18. The predicted molar refractivity (Wildman–Crippen MR) is 131 cm³/mol. The molecule has 0 unspecified atom stereocenters. The molecular weight excluding hydrogens is 546 g/mol. The number of aromatic nitrogens is 1. The molecule has 1 atom stereocenters. The van der Waals surface area contributed by atoms with Gasteiger partial charge >= 0.3 is 0 Å². The average molecular weight is 570 g/mol. The summed E-state index contributed by atoms with van der Waals surface area (Å²) in [5, 5.41) is 13.1. The summed E-state index contributed by atoms with van der Waals surface area (Å²) in [6.45, 7) is 5.15. The van der Waals surface area contributed by atoms with Gasteiger partial charge in [0, 0.05) is 21.0 Å². The van der Waals surface area contributed by atoms with Crippen molar-refractivity contribution in [1.82, 2.24) is 15.4 Å². The minimum absolute atomic E-state index is 0.0562. The van der Waals surface area contributed by atoms with Gasteiger partial charge in [-0.05, 0) is 69.3 Å². The molecule has 34 heavy (non-hydrogen) atoms. The molecule has 0 fully saturated rings. The number of benzene rings is 2. The highest BCUT2D eigenvalue weighted by Crippen LogP contribution is 2.32. The van der Waals surface area contributed by atoms with Gasteiger partial charge in [-0.2, -0.15) is 4.72 Å². The Balaban J connectivity index is 1.74. The highest BCUT2D eigenvalue weighted by Gasteiger charge is 2.39. The zero-order valence-electron chi connectivity index (χ0n) is 18.6. The monoisotopic (exact) mass is 569 g/mol. The summed E-state index contributed by atoms with van der Waals surface area (Å²) in [7, 11) is -4.10. The lowest BCUT2D eigenvalue weighted by atomic mass is 10.0. The van der Waals surface area contributed by atoms with E-state index in [9.17, 15) is 18.4 Å². The van der Waals surface area contributed by atoms with Crippen LogP contribution in [0, 0.1) is 6.92 Å². The number of hydrogen-bond acceptors (Lipinski definition) is 8. The molecule has 0 aliphatic heterocycles. The molecule has 9 nitrogen and oxygen atoms in total. The largest absolute Gasteiger partial charge is 0.457 e. The number of ether oxygens (including phenoxy) is 1. The van der Waals surface area contributed by atoms with E-state index in [-0.39, 0.29) is 4.90 Å². The smallest absolute Gasteiger partial charge is 0.262 e. The second-order valence-electron chi connectivity index (χ2n) is 7.88. The number of aryl methyl sites for hydroxylation is 1. The zero-order valence-corrected chi connectivity index (χ0v) is 21.8. The van der Waals surface area contributed by atoms with Crippen molar-refractivity contribution in [2.75, 3.05) is 0 Å². The molecule has 2 aromatic carbocycles. The Bertz CT molecular complexity index is 1230. The van der Waals surface area contributed by atoms with E-state index in [1.165, 1.54) is 36.0 Å². The van der Waals surface area contributed by atoms with Gasteiger partial charge in [0.2, 0.25) is 10.0 Å². The summed E-state index contributed by atoms with van der Waals surface area (Å²) in [6, 6.07) is 13.5. The summed E-state index contributed by atoms with van der Waals surface area (Å²) in [4.78, 5) is 12.3. The van der Waals surface area contributed by atoms with Crippen molar-refractivity contribution in [2.45, 2.75) is 42.2 Å². The molecular formula is C22H24BrN3O6S2. The van der Waals surface area contributed by atoms with E-state index in [1.807, 2.05) is 12.1 Å². The van der Waals surface area contributed by atoms with Crippen LogP contribution in [0.2, 0.25) is 0 Å². The highest BCUT2D eigenvalue weighted by atomic mass is 79.9. The summed E-state index contributed by atoms with van der Waals surface area (Å²) >= 11 is 4.64. The van der Waals surface area contributed by atoms with Crippen LogP contribution in [0.4, 0.5) is 0 Å². The number of hydrogen-bond donors (Lipinski definition) is 3. The minimum atomic E-state index is -4.10. The van der Waals surface area contributed by atoms with Crippen LogP contribution in [0.15, 0.2) is 68.5 Å². The summed E-state index contributed by atoms with van der Waals surface area (Å²) in [6.07, 6.45) is 0. The highest BCUT2D eigenvalue weighted by molar-refractivity contribution is 9.10. The summed E-state index contributed by atoms with van der Waals surface area (Å²) in [5.41, 5.74) is 2.21. The first-order valence-electron chi connectivity index (χ1n) is 10.1. The Hall–Kier alpha value is -2.38. The van der Waals surface area contributed by atoms with Gasteiger partial charge in [0.05, 0.1) is 10.6 Å². The molecule has 1 amide bonds. The maximum absolute atomic E-state index is 13.0. The van der Waals surface area contributed by atoms with E-state index in [4.69, 9.17) is 9.26 Å². The first kappa shape index (κ1) is 26.2. The third kappa shape index (κ3) is 6.83. The molecule has 0 aliphatic carbocycles. The first-order chi connectivity index (χ1) is 16.0. The van der Waals surface area contributed by atoms with E-state index < -0.39 is 26.7 Å². The van der Waals surface area contributed by atoms with Crippen LogP contribution in [-0.4, -0.2) is 35.5 Å². The quantitative estimate of drug-likeness (QED) is 0.242. The minimum Gasteiger partial charge on any atom is -0.457 e. The molecule has 3 aromatic rings. The number of amides is 1. The van der Waals surface area contributed by atoms with Crippen molar-refractivity contribution in [3.63, 3.8) is 0 Å². The number of halogens is 1. The van der Waals surface area contributed by atoms with Gasteiger partial charge in [-0.3, -0.25) is 10.0 Å². The van der Waals surface area contributed by atoms with Gasteiger partial charge in [-0.15, -0.1) is 11.8 Å². The average Bonchev–Trinajstić information content (AvgIpc) is 3.23. The summed E-state index contributed by atoms with van der Waals surface area (Å²) < 4.78 is 39.2. The lowest BCUT2D eigenvalue weighted by molar-refractivity contribution is -0.131. The van der Waals surface area contributed by atoms with E-state index in [0.717, 1.165) is 4.47 Å². The van der Waals surface area contributed by atoms with Crippen LogP contribution in [-0.2, 0) is 20.6 Å². The molecule has 0 bridgehead atoms. The number of carbonyl (C=O) groups is 1. The molecule has 12 heteroatoms. The third-order valence-electron chi connectivity index (χ3n) is 4.79. The van der Waals surface area contributed by atoms with Gasteiger partial charge in [-0.1, -0.05) is 21.1 Å². The fourth-order valence-corrected chi connectivity index (χ4v) is 5.62. The van der Waals surface area contributed by atoms with Crippen molar-refractivity contribution >= 4 is 43.6 Å². The van der Waals surface area contributed by atoms with Crippen LogP contribution in [0.3, 0.4) is 0 Å². The van der Waals surface area contributed by atoms with Crippen LogP contribution in [0.25, 0.3) is 0 Å². The van der Waals surface area contributed by atoms with Crippen LogP contribution in [0.1, 0.15) is 25.3 Å². The van der Waals surface area contributed by atoms with Crippen molar-refractivity contribution in [2.24, 2.45) is 0 Å². The molecule has 0 spiro atoms. The Morgan fingerprint density at radius 3 is 2.29 bits per heavy atom. The van der Waals surface area contributed by atoms with Gasteiger partial charge in [0.25, 0.3) is 5.91 Å². The van der Waals surface area contributed by atoms with Crippen molar-refractivity contribution in [3.05, 3.63) is 70.5 Å². The molecule has 1 aromatic heterocycles. The van der Waals surface area contributed by atoms with Gasteiger partial charge < -0.3 is 9.26 Å². The fourth-order valence-electron chi connectivity index (χ4n) is 2.95. The molecule has 0 saturated heterocycles. The number of thioether (sulfide) groups is 1. The number of sulfonamides is 1. The maximum Gasteiger partial charge on any atom is 0.262 e. The van der Waals surface area contributed by atoms with Crippen molar-refractivity contribution < 1.29 is 27.7 Å². The lowest BCUT2D eigenvalue weighted by Gasteiger charge is -2.32. The van der Waals surface area contributed by atoms with Crippen LogP contribution >= 0.6 is 27.7 Å². The SMILES string of the molecule is Cc1cc(CSC(C)(C)[C@@H](NS(=O)(=O)c2ccc(Oc3ccc(Br)cc3)cc2)C(=O)NO)no1. The fraction of sp³-hybridized carbons (Fsp3) is 0.273. The Morgan fingerprint density at radius 2 is 1.76 bits per heavy atom. The van der Waals surface area contributed by atoms with Gasteiger partial charge in [0.15, 0.2) is 0 Å². The van der Waals surface area contributed by atoms with E-state index in [1.54, 1.807) is 44.5 Å². The topological polar surface area (TPSA) is 131 Å². The molecule has 1 heterocycles. The molecule has 0 aliphatic rings. The maximum atomic E-state index is 13.0. The van der Waals surface area contributed by atoms with Gasteiger partial charge in [-0.25, -0.2) is 13.9 Å². The predicted octanol–water partition coefficient (Wildman–Crippen LogP) is 4.40. The first-order valence-corrected chi connectivity index (χ1v) is 13.3. The van der Waals surface area contributed by atoms with E-state index >= 15 is 0 Å². The number of nitrogens with one attached hydrogen (secondary N) is 2. The molecule has 3 N–H and O–H groups in total. The van der Waals surface area contributed by atoms with E-state index in [0.29, 0.717) is 28.7 Å². The Morgan fingerprint density at radius 1 is 1.18 bits per heavy atom. The second-order valence-corrected chi connectivity index (χ2v) is 12.1. The van der Waals surface area contributed by atoms with E-state index in [2.05, 4.69) is 25.8 Å². The standard InChI is InChI=1S/C22H24BrN3O6S2/c1-14-12-16(25-32-14)13-33-22(2,3)20(21(27)24-28)26-34(29,30)19-10-8-18(9-11-19)31-17-6-4-15(23)5-7-17/h4-12,20,26,28H,13H2,1-3H3,(H,24,27)/t20-/m0/s1. The van der Waals surface area contributed by atoms with Crippen molar-refractivity contribution in [1.29, 1.82) is 0 Å². The number of hydroxylamine groups is 1. The Labute approximate surface area is 210 Å². The normalized spacial score (nSPS) is 12.9. The second kappa shape index (κ2) is 10.9. The Kier molecular flexibility index (Phi) is 8.42. The van der Waals surface area contributed by atoms with Gasteiger partial charge in [0.1, 0.15) is 23.3 Å². The number of carbonyl (C=O) groups excluding carboxylic acids is 1. The number of rotatable bonds is 10. The zero-order chi connectivity index (χ0) is 24.9. The molecule has 0 saturated carbocycles. The van der Waals surface area contributed by atoms with Crippen molar-refractivity contribution in [3.8, 4) is 11.5 Å². The molecule has 182 valence electrons. The lowest BCUT2D eigenvalue weighted by Crippen LogP contribution is -2.55. The molecule has 3 rings (SSSR count). The molecule has 0 radical (unpaired) electrons. The van der Waals surface area contributed by atoms with Crippen LogP contribution < -0.4 is 14.9 Å². The summed E-state index contributed by atoms with van der Waals surface area (Å²) in [5.74, 6) is 1.19. The number of nitrogens with zero attached hydrogens (tertiary/aromatic N) is 1.